The fourth-order valence-corrected chi connectivity index (χ4v) is 2.35. The van der Waals surface area contributed by atoms with Crippen LogP contribution < -0.4 is 0 Å². The molecule has 0 N–H and O–H groups in total. The number of hydrogen-bond acceptors (Lipinski definition) is 3. The zero-order valence-electron chi connectivity index (χ0n) is 10.4. The normalized spacial score (nSPS) is 21.2. The molecule has 5 heteroatoms. The van der Waals surface area contributed by atoms with Crippen molar-refractivity contribution in [2.24, 2.45) is 0 Å². The Morgan fingerprint density at radius 2 is 2.39 bits per heavy atom. The molecule has 1 saturated heterocycles. The minimum absolute atomic E-state index is 0.115. The third kappa shape index (κ3) is 3.75. The van der Waals surface area contributed by atoms with E-state index in [2.05, 4.69) is 20.8 Å². The van der Waals surface area contributed by atoms with Gasteiger partial charge in [-0.3, -0.25) is 4.90 Å². The third-order valence-corrected chi connectivity index (χ3v) is 3.61. The number of halogens is 2. The monoisotopic (exact) mass is 317 g/mol. The number of ether oxygens (including phenoxy) is 2. The van der Waals surface area contributed by atoms with Gasteiger partial charge in [-0.15, -0.1) is 0 Å². The van der Waals surface area contributed by atoms with Crippen molar-refractivity contribution >= 4 is 15.9 Å². The van der Waals surface area contributed by atoms with E-state index in [1.54, 1.807) is 19.2 Å². The number of nitrogens with zero attached hydrogens (tertiary/aromatic N) is 1. The van der Waals surface area contributed by atoms with Crippen LogP contribution in [0.3, 0.4) is 0 Å². The average molecular weight is 318 g/mol. The molecule has 0 aliphatic carbocycles. The van der Waals surface area contributed by atoms with E-state index in [-0.39, 0.29) is 11.9 Å². The van der Waals surface area contributed by atoms with Crippen molar-refractivity contribution in [1.29, 1.82) is 0 Å². The van der Waals surface area contributed by atoms with E-state index in [1.165, 1.54) is 0 Å². The van der Waals surface area contributed by atoms with Crippen LogP contribution in [0.25, 0.3) is 0 Å². The Labute approximate surface area is 115 Å². The lowest BCUT2D eigenvalue weighted by molar-refractivity contribution is -0.0631. The molecule has 0 unspecified atom stereocenters. The Kier molecular flexibility index (Phi) is 5.12. The third-order valence-electron chi connectivity index (χ3n) is 2.97. The van der Waals surface area contributed by atoms with Gasteiger partial charge in [-0.2, -0.15) is 0 Å². The van der Waals surface area contributed by atoms with Crippen molar-refractivity contribution in [1.82, 2.24) is 4.90 Å². The molecule has 1 aliphatic rings. The van der Waals surface area contributed by atoms with Gasteiger partial charge in [0.05, 0.1) is 23.8 Å². The SMILES string of the molecule is COC[C@@H]1CN(Cc2ccc(Br)c(F)c2)CCO1. The van der Waals surface area contributed by atoms with E-state index >= 15 is 0 Å². The van der Waals surface area contributed by atoms with Crippen molar-refractivity contribution < 1.29 is 13.9 Å². The molecule has 3 nitrogen and oxygen atoms in total. The van der Waals surface area contributed by atoms with Gasteiger partial charge in [-0.05, 0) is 33.6 Å². The Morgan fingerprint density at radius 3 is 3.11 bits per heavy atom. The summed E-state index contributed by atoms with van der Waals surface area (Å²) in [6.07, 6.45) is 0.115. The molecule has 1 atom stereocenters. The van der Waals surface area contributed by atoms with Crippen molar-refractivity contribution in [2.45, 2.75) is 12.6 Å². The lowest BCUT2D eigenvalue weighted by Crippen LogP contribution is -2.43. The van der Waals surface area contributed by atoms with Gasteiger partial charge in [-0.1, -0.05) is 6.07 Å². The van der Waals surface area contributed by atoms with Gasteiger partial charge < -0.3 is 9.47 Å². The lowest BCUT2D eigenvalue weighted by atomic mass is 10.2. The molecule has 1 fully saturated rings. The molecule has 100 valence electrons. The van der Waals surface area contributed by atoms with Crippen LogP contribution in [0.5, 0.6) is 0 Å². The van der Waals surface area contributed by atoms with Crippen molar-refractivity contribution in [3.8, 4) is 0 Å². The minimum atomic E-state index is -0.214. The predicted molar refractivity (Wildman–Crippen MR) is 71.0 cm³/mol. The van der Waals surface area contributed by atoms with Gasteiger partial charge in [0.2, 0.25) is 0 Å². The maximum Gasteiger partial charge on any atom is 0.137 e. The van der Waals surface area contributed by atoms with Gasteiger partial charge in [0.25, 0.3) is 0 Å². The first-order valence-corrected chi connectivity index (χ1v) is 6.75. The van der Waals surface area contributed by atoms with Gasteiger partial charge in [0.1, 0.15) is 5.82 Å². The summed E-state index contributed by atoms with van der Waals surface area (Å²) in [6, 6.07) is 5.26. The molecule has 0 spiro atoms. The highest BCUT2D eigenvalue weighted by molar-refractivity contribution is 9.10. The molecule has 2 rings (SSSR count). The van der Waals surface area contributed by atoms with Gasteiger partial charge in [0, 0.05) is 26.7 Å². The van der Waals surface area contributed by atoms with E-state index < -0.39 is 0 Å². The molecular weight excluding hydrogens is 301 g/mol. The number of methoxy groups -OCH3 is 1. The number of hydrogen-bond donors (Lipinski definition) is 0. The van der Waals surface area contributed by atoms with E-state index in [9.17, 15) is 4.39 Å². The van der Waals surface area contributed by atoms with Crippen LogP contribution in [0.2, 0.25) is 0 Å². The molecule has 0 aromatic heterocycles. The fourth-order valence-electron chi connectivity index (χ4n) is 2.11. The second kappa shape index (κ2) is 6.61. The van der Waals surface area contributed by atoms with Crippen LogP contribution in [0.1, 0.15) is 5.56 Å². The molecule has 0 amide bonds. The molecule has 1 aromatic rings. The minimum Gasteiger partial charge on any atom is -0.382 e. The van der Waals surface area contributed by atoms with Crippen molar-refractivity contribution in [3.63, 3.8) is 0 Å². The quantitative estimate of drug-likeness (QED) is 0.851. The summed E-state index contributed by atoms with van der Waals surface area (Å²) in [5.41, 5.74) is 0.980. The number of rotatable bonds is 4. The summed E-state index contributed by atoms with van der Waals surface area (Å²) in [6.45, 7) is 3.75. The summed E-state index contributed by atoms with van der Waals surface area (Å²) in [7, 11) is 1.67. The Bertz CT molecular complexity index is 401. The summed E-state index contributed by atoms with van der Waals surface area (Å²) < 4.78 is 24.6. The van der Waals surface area contributed by atoms with Crippen molar-refractivity contribution in [2.75, 3.05) is 33.4 Å². The van der Waals surface area contributed by atoms with E-state index in [0.29, 0.717) is 17.7 Å². The predicted octanol–water partition coefficient (Wildman–Crippen LogP) is 2.44. The maximum atomic E-state index is 13.4. The molecular formula is C13H17BrFNO2. The highest BCUT2D eigenvalue weighted by atomic mass is 79.9. The van der Waals surface area contributed by atoms with Crippen LogP contribution in [-0.4, -0.2) is 44.4 Å². The molecule has 0 bridgehead atoms. The highest BCUT2D eigenvalue weighted by Crippen LogP contribution is 2.18. The standard InChI is InChI=1S/C13H17BrFNO2/c1-17-9-11-8-16(4-5-18-11)7-10-2-3-12(14)13(15)6-10/h2-3,6,11H,4-5,7-9H2,1H3/t11-/m0/s1. The van der Waals surface area contributed by atoms with Crippen LogP contribution in [0.15, 0.2) is 22.7 Å². The van der Waals surface area contributed by atoms with Crippen LogP contribution in [-0.2, 0) is 16.0 Å². The molecule has 1 heterocycles. The Balaban J connectivity index is 1.93. The van der Waals surface area contributed by atoms with E-state index in [1.807, 2.05) is 6.07 Å². The van der Waals surface area contributed by atoms with Crippen LogP contribution >= 0.6 is 15.9 Å². The zero-order chi connectivity index (χ0) is 13.0. The Hall–Kier alpha value is -0.490. The zero-order valence-corrected chi connectivity index (χ0v) is 12.0. The molecule has 1 aromatic carbocycles. The summed E-state index contributed by atoms with van der Waals surface area (Å²) in [4.78, 5) is 2.26. The van der Waals surface area contributed by atoms with Crippen molar-refractivity contribution in [3.05, 3.63) is 34.1 Å². The first-order chi connectivity index (χ1) is 8.69. The molecule has 1 aliphatic heterocycles. The second-order valence-corrected chi connectivity index (χ2v) is 5.29. The second-order valence-electron chi connectivity index (χ2n) is 4.43. The number of morpholine rings is 1. The molecule has 0 radical (unpaired) electrons. The van der Waals surface area contributed by atoms with Gasteiger partial charge in [0.15, 0.2) is 0 Å². The first kappa shape index (κ1) is 13.9. The smallest absolute Gasteiger partial charge is 0.137 e. The van der Waals surface area contributed by atoms with Crippen LogP contribution in [0.4, 0.5) is 4.39 Å². The maximum absolute atomic E-state index is 13.4. The topological polar surface area (TPSA) is 21.7 Å². The summed E-state index contributed by atoms with van der Waals surface area (Å²) in [5.74, 6) is -0.214. The largest absolute Gasteiger partial charge is 0.382 e. The molecule has 18 heavy (non-hydrogen) atoms. The van der Waals surface area contributed by atoms with E-state index in [4.69, 9.17) is 9.47 Å². The van der Waals surface area contributed by atoms with Crippen LogP contribution in [0, 0.1) is 5.82 Å². The van der Waals surface area contributed by atoms with E-state index in [0.717, 1.165) is 25.2 Å². The average Bonchev–Trinajstić information content (AvgIpc) is 2.35. The summed E-state index contributed by atoms with van der Waals surface area (Å²) in [5, 5.41) is 0. The Morgan fingerprint density at radius 1 is 1.56 bits per heavy atom. The summed E-state index contributed by atoms with van der Waals surface area (Å²) >= 11 is 3.16. The number of benzene rings is 1. The molecule has 0 saturated carbocycles. The first-order valence-electron chi connectivity index (χ1n) is 5.96. The lowest BCUT2D eigenvalue weighted by Gasteiger charge is -2.32. The van der Waals surface area contributed by atoms with Gasteiger partial charge >= 0.3 is 0 Å². The fraction of sp³-hybridized carbons (Fsp3) is 0.538. The highest BCUT2D eigenvalue weighted by Gasteiger charge is 2.20. The van der Waals surface area contributed by atoms with Gasteiger partial charge in [-0.25, -0.2) is 4.39 Å².